The molecule has 0 atom stereocenters. The van der Waals surface area contributed by atoms with E-state index in [-0.39, 0.29) is 18.3 Å². The Bertz CT molecular complexity index is 341. The minimum absolute atomic E-state index is 0.0504. The zero-order valence-corrected chi connectivity index (χ0v) is 9.83. The number of nitrogens with one attached hydrogen (secondary N) is 2. The molecule has 0 saturated heterocycles. The van der Waals surface area contributed by atoms with Crippen molar-refractivity contribution in [3.05, 3.63) is 30.1 Å². The average molecular weight is 240 g/mol. The van der Waals surface area contributed by atoms with E-state index in [9.17, 15) is 9.18 Å². The van der Waals surface area contributed by atoms with Gasteiger partial charge < -0.3 is 15.4 Å². The second-order valence-electron chi connectivity index (χ2n) is 3.55. The van der Waals surface area contributed by atoms with Crippen LogP contribution in [0.5, 0.6) is 5.75 Å². The second kappa shape index (κ2) is 7.62. The monoisotopic (exact) mass is 240 g/mol. The summed E-state index contributed by atoms with van der Waals surface area (Å²) < 4.78 is 17.8. The first kappa shape index (κ1) is 13.4. The Balaban J connectivity index is 2.17. The van der Waals surface area contributed by atoms with Gasteiger partial charge in [0.25, 0.3) is 5.91 Å². The Morgan fingerprint density at radius 3 is 2.65 bits per heavy atom. The minimum Gasteiger partial charge on any atom is -0.484 e. The molecule has 0 fully saturated rings. The number of halogens is 1. The van der Waals surface area contributed by atoms with Crippen LogP contribution in [-0.4, -0.2) is 32.7 Å². The highest BCUT2D eigenvalue weighted by molar-refractivity contribution is 5.77. The van der Waals surface area contributed by atoms with Gasteiger partial charge in [-0.2, -0.15) is 0 Å². The molecule has 1 aromatic carbocycles. The summed E-state index contributed by atoms with van der Waals surface area (Å²) in [6.07, 6.45) is 0.874. The molecule has 0 spiro atoms. The fourth-order valence-electron chi connectivity index (χ4n) is 1.22. The number of carbonyl (C=O) groups excluding carboxylic acids is 1. The van der Waals surface area contributed by atoms with Gasteiger partial charge in [-0.25, -0.2) is 4.39 Å². The van der Waals surface area contributed by atoms with E-state index < -0.39 is 0 Å². The minimum atomic E-state index is -0.325. The van der Waals surface area contributed by atoms with Gasteiger partial charge in [-0.3, -0.25) is 4.79 Å². The number of benzene rings is 1. The molecule has 0 saturated carbocycles. The number of ether oxygens (including phenoxy) is 1. The van der Waals surface area contributed by atoms with E-state index in [2.05, 4.69) is 10.6 Å². The van der Waals surface area contributed by atoms with Crippen LogP contribution in [0.2, 0.25) is 0 Å². The van der Waals surface area contributed by atoms with Gasteiger partial charge in [0.1, 0.15) is 11.6 Å². The SMILES string of the molecule is CNCCCNC(=O)COc1ccc(F)cc1. The molecule has 1 amide bonds. The standard InChI is InChI=1S/C12H17FN2O2/c1-14-7-2-8-15-12(16)9-17-11-5-3-10(13)4-6-11/h3-6,14H,2,7-9H2,1H3,(H,15,16). The van der Waals surface area contributed by atoms with Crippen molar-refractivity contribution in [1.29, 1.82) is 0 Å². The number of amides is 1. The van der Waals surface area contributed by atoms with Crippen molar-refractivity contribution >= 4 is 5.91 Å². The summed E-state index contributed by atoms with van der Waals surface area (Å²) in [7, 11) is 1.86. The molecule has 2 N–H and O–H groups in total. The lowest BCUT2D eigenvalue weighted by molar-refractivity contribution is -0.123. The van der Waals surface area contributed by atoms with Gasteiger partial charge in [0.15, 0.2) is 6.61 Å². The molecule has 0 aliphatic carbocycles. The van der Waals surface area contributed by atoms with Crippen molar-refractivity contribution in [2.45, 2.75) is 6.42 Å². The van der Waals surface area contributed by atoms with Gasteiger partial charge in [-0.15, -0.1) is 0 Å². The molecule has 0 unspecified atom stereocenters. The van der Waals surface area contributed by atoms with E-state index in [1.54, 1.807) is 0 Å². The largest absolute Gasteiger partial charge is 0.484 e. The van der Waals surface area contributed by atoms with Gasteiger partial charge >= 0.3 is 0 Å². The molecule has 17 heavy (non-hydrogen) atoms. The molecule has 1 rings (SSSR count). The predicted octanol–water partition coefficient (Wildman–Crippen LogP) is 0.930. The molecule has 1 aromatic rings. The van der Waals surface area contributed by atoms with E-state index in [1.165, 1.54) is 24.3 Å². The van der Waals surface area contributed by atoms with Gasteiger partial charge in [0, 0.05) is 6.54 Å². The van der Waals surface area contributed by atoms with Gasteiger partial charge in [0.05, 0.1) is 0 Å². The fourth-order valence-corrected chi connectivity index (χ4v) is 1.22. The topological polar surface area (TPSA) is 50.4 Å². The highest BCUT2D eigenvalue weighted by Crippen LogP contribution is 2.10. The van der Waals surface area contributed by atoms with Crippen LogP contribution in [0.3, 0.4) is 0 Å². The summed E-state index contributed by atoms with van der Waals surface area (Å²) in [5.41, 5.74) is 0. The molecular formula is C12H17FN2O2. The number of rotatable bonds is 7. The van der Waals surface area contributed by atoms with Crippen LogP contribution in [0.1, 0.15) is 6.42 Å². The zero-order chi connectivity index (χ0) is 12.5. The number of hydrogen-bond donors (Lipinski definition) is 2. The first-order chi connectivity index (χ1) is 8.22. The smallest absolute Gasteiger partial charge is 0.257 e. The van der Waals surface area contributed by atoms with E-state index >= 15 is 0 Å². The Kier molecular flexibility index (Phi) is 6.03. The maximum atomic E-state index is 12.6. The zero-order valence-electron chi connectivity index (χ0n) is 9.83. The third-order valence-electron chi connectivity index (χ3n) is 2.11. The van der Waals surface area contributed by atoms with Crippen molar-refractivity contribution in [2.75, 3.05) is 26.7 Å². The van der Waals surface area contributed by atoms with Crippen molar-refractivity contribution in [3.8, 4) is 5.75 Å². The van der Waals surface area contributed by atoms with Crippen molar-refractivity contribution in [2.24, 2.45) is 0 Å². The van der Waals surface area contributed by atoms with Crippen molar-refractivity contribution in [1.82, 2.24) is 10.6 Å². The lowest BCUT2D eigenvalue weighted by atomic mass is 10.3. The normalized spacial score (nSPS) is 10.0. The number of carbonyl (C=O) groups is 1. The Morgan fingerprint density at radius 1 is 1.29 bits per heavy atom. The molecule has 5 heteroatoms. The van der Waals surface area contributed by atoms with Gasteiger partial charge in [-0.1, -0.05) is 0 Å². The molecule has 0 radical (unpaired) electrons. The van der Waals surface area contributed by atoms with E-state index in [1.807, 2.05) is 7.05 Å². The summed E-state index contributed by atoms with van der Waals surface area (Å²) in [4.78, 5) is 11.3. The van der Waals surface area contributed by atoms with Crippen molar-refractivity contribution in [3.63, 3.8) is 0 Å². The molecule has 0 aliphatic rings. The van der Waals surface area contributed by atoms with Crippen LogP contribution in [0.15, 0.2) is 24.3 Å². The van der Waals surface area contributed by atoms with Crippen LogP contribution in [-0.2, 0) is 4.79 Å². The molecule has 94 valence electrons. The summed E-state index contributed by atoms with van der Waals surface area (Å²) in [6, 6.07) is 5.56. The maximum Gasteiger partial charge on any atom is 0.257 e. The molecule has 0 aliphatic heterocycles. The van der Waals surface area contributed by atoms with Crippen LogP contribution in [0.25, 0.3) is 0 Å². The number of hydrogen-bond acceptors (Lipinski definition) is 3. The molecular weight excluding hydrogens is 223 g/mol. The predicted molar refractivity (Wildman–Crippen MR) is 63.4 cm³/mol. The summed E-state index contributed by atoms with van der Waals surface area (Å²) >= 11 is 0. The highest BCUT2D eigenvalue weighted by Gasteiger charge is 2.01. The van der Waals surface area contributed by atoms with E-state index in [4.69, 9.17) is 4.74 Å². The Morgan fingerprint density at radius 2 is 2.00 bits per heavy atom. The van der Waals surface area contributed by atoms with Crippen LogP contribution < -0.4 is 15.4 Å². The molecule has 0 bridgehead atoms. The third-order valence-corrected chi connectivity index (χ3v) is 2.11. The average Bonchev–Trinajstić information content (AvgIpc) is 2.34. The van der Waals surface area contributed by atoms with Crippen molar-refractivity contribution < 1.29 is 13.9 Å². The maximum absolute atomic E-state index is 12.6. The molecule has 0 heterocycles. The quantitative estimate of drug-likeness (QED) is 0.697. The summed E-state index contributed by atoms with van der Waals surface area (Å²) in [5, 5.41) is 5.71. The Hall–Kier alpha value is -1.62. The third kappa shape index (κ3) is 5.87. The first-order valence-electron chi connectivity index (χ1n) is 5.52. The highest BCUT2D eigenvalue weighted by atomic mass is 19.1. The first-order valence-corrected chi connectivity index (χ1v) is 5.52. The van der Waals surface area contributed by atoms with Gasteiger partial charge in [-0.05, 0) is 44.3 Å². The van der Waals surface area contributed by atoms with Crippen LogP contribution >= 0.6 is 0 Å². The van der Waals surface area contributed by atoms with Crippen LogP contribution in [0.4, 0.5) is 4.39 Å². The lowest BCUT2D eigenvalue weighted by Crippen LogP contribution is -2.30. The van der Waals surface area contributed by atoms with Gasteiger partial charge in [0.2, 0.25) is 0 Å². The molecule has 4 nitrogen and oxygen atoms in total. The second-order valence-corrected chi connectivity index (χ2v) is 3.55. The van der Waals surface area contributed by atoms with Crippen LogP contribution in [0, 0.1) is 5.82 Å². The van der Waals surface area contributed by atoms with E-state index in [0.29, 0.717) is 12.3 Å². The lowest BCUT2D eigenvalue weighted by Gasteiger charge is -2.07. The van der Waals surface area contributed by atoms with E-state index in [0.717, 1.165) is 13.0 Å². The Labute approximate surface area is 100 Å². The summed E-state index contributed by atoms with van der Waals surface area (Å²) in [6.45, 7) is 1.43. The summed E-state index contributed by atoms with van der Waals surface area (Å²) in [5.74, 6) is -0.0175. The fraction of sp³-hybridized carbons (Fsp3) is 0.417. The molecule has 0 aromatic heterocycles.